The normalized spacial score (nSPS) is 26.4. The first-order valence-electron chi connectivity index (χ1n) is 5.50. The van der Waals surface area contributed by atoms with E-state index in [2.05, 4.69) is 39.9 Å². The topological polar surface area (TPSA) is 29.1 Å². The van der Waals surface area contributed by atoms with Gasteiger partial charge in [-0.1, -0.05) is 34.6 Å². The summed E-state index contributed by atoms with van der Waals surface area (Å²) < 4.78 is 0. The number of hydrogen-bond acceptors (Lipinski definition) is 1. The Labute approximate surface area is 87.5 Å². The monoisotopic (exact) mass is 197 g/mol. The second kappa shape index (κ2) is 3.56. The Morgan fingerprint density at radius 1 is 1.43 bits per heavy atom. The summed E-state index contributed by atoms with van der Waals surface area (Å²) >= 11 is 0. The molecule has 2 heteroatoms. The molecule has 0 aliphatic carbocycles. The minimum atomic E-state index is 0.141. The number of carbonyl (C=O) groups is 1. The van der Waals surface area contributed by atoms with Crippen LogP contribution in [0.4, 0.5) is 0 Å². The number of nitrogens with one attached hydrogen (secondary N) is 1. The van der Waals surface area contributed by atoms with Gasteiger partial charge in [0.1, 0.15) is 0 Å². The average molecular weight is 197 g/mol. The first kappa shape index (κ1) is 11.5. The Morgan fingerprint density at radius 3 is 2.36 bits per heavy atom. The highest BCUT2D eigenvalue weighted by Crippen LogP contribution is 2.36. The van der Waals surface area contributed by atoms with Crippen LogP contribution in [-0.2, 0) is 4.79 Å². The van der Waals surface area contributed by atoms with Crippen LogP contribution in [0.2, 0.25) is 0 Å². The van der Waals surface area contributed by atoms with E-state index in [1.54, 1.807) is 0 Å². The van der Waals surface area contributed by atoms with Gasteiger partial charge in [-0.05, 0) is 23.7 Å². The largest absolute Gasteiger partial charge is 0.355 e. The molecule has 0 bridgehead atoms. The van der Waals surface area contributed by atoms with E-state index in [1.165, 1.54) is 0 Å². The number of amides is 1. The van der Waals surface area contributed by atoms with Crippen molar-refractivity contribution in [3.05, 3.63) is 0 Å². The zero-order valence-electron chi connectivity index (χ0n) is 10.1. The molecule has 1 heterocycles. The Balaban J connectivity index is 2.55. The van der Waals surface area contributed by atoms with Gasteiger partial charge in [-0.15, -0.1) is 0 Å². The quantitative estimate of drug-likeness (QED) is 0.724. The van der Waals surface area contributed by atoms with E-state index in [9.17, 15) is 4.79 Å². The molecule has 1 rings (SSSR count). The van der Waals surface area contributed by atoms with Gasteiger partial charge in [0, 0.05) is 12.5 Å². The van der Waals surface area contributed by atoms with E-state index < -0.39 is 0 Å². The molecule has 1 fully saturated rings. The Hall–Kier alpha value is -0.530. The van der Waals surface area contributed by atoms with E-state index in [0.717, 1.165) is 19.4 Å². The molecule has 2 nitrogen and oxygen atoms in total. The summed E-state index contributed by atoms with van der Waals surface area (Å²) in [7, 11) is 0. The third kappa shape index (κ3) is 2.73. The molecular formula is C12H23NO. The van der Waals surface area contributed by atoms with E-state index in [0.29, 0.717) is 5.41 Å². The van der Waals surface area contributed by atoms with Gasteiger partial charge in [0.2, 0.25) is 5.91 Å². The minimum Gasteiger partial charge on any atom is -0.355 e. The van der Waals surface area contributed by atoms with Crippen molar-refractivity contribution in [2.45, 2.75) is 47.5 Å². The lowest BCUT2D eigenvalue weighted by atomic mass is 9.76. The summed E-state index contributed by atoms with van der Waals surface area (Å²) in [6, 6.07) is 0. The molecule has 0 saturated carbocycles. The van der Waals surface area contributed by atoms with Crippen molar-refractivity contribution in [1.29, 1.82) is 0 Å². The zero-order chi connectivity index (χ0) is 11.0. The van der Waals surface area contributed by atoms with Crippen molar-refractivity contribution < 1.29 is 4.79 Å². The summed E-state index contributed by atoms with van der Waals surface area (Å²) in [6.07, 6.45) is 2.14. The molecule has 0 spiro atoms. The van der Waals surface area contributed by atoms with Gasteiger partial charge >= 0.3 is 0 Å². The Morgan fingerprint density at radius 2 is 2.00 bits per heavy atom. The highest BCUT2D eigenvalue weighted by Gasteiger charge is 2.40. The molecule has 1 N–H and O–H groups in total. The summed E-state index contributed by atoms with van der Waals surface area (Å²) in [5.74, 6) is 0.459. The molecule has 1 unspecified atom stereocenters. The van der Waals surface area contributed by atoms with Gasteiger partial charge < -0.3 is 5.32 Å². The molecule has 0 aromatic carbocycles. The minimum absolute atomic E-state index is 0.141. The fourth-order valence-corrected chi connectivity index (χ4v) is 2.02. The van der Waals surface area contributed by atoms with Gasteiger partial charge in [-0.2, -0.15) is 0 Å². The number of carbonyl (C=O) groups excluding carboxylic acids is 1. The molecule has 0 radical (unpaired) electrons. The van der Waals surface area contributed by atoms with E-state index in [-0.39, 0.29) is 17.2 Å². The summed E-state index contributed by atoms with van der Waals surface area (Å²) in [5, 5.41) is 2.96. The second-order valence-electron chi connectivity index (χ2n) is 6.36. The maximum Gasteiger partial charge on any atom is 0.223 e. The molecule has 82 valence electrons. The lowest BCUT2D eigenvalue weighted by Gasteiger charge is -2.27. The maximum absolute atomic E-state index is 11.6. The predicted molar refractivity (Wildman–Crippen MR) is 59.0 cm³/mol. The van der Waals surface area contributed by atoms with Crippen molar-refractivity contribution in [2.75, 3.05) is 6.54 Å². The number of rotatable bonds is 2. The fraction of sp³-hybridized carbons (Fsp3) is 0.917. The smallest absolute Gasteiger partial charge is 0.223 e. The van der Waals surface area contributed by atoms with E-state index in [4.69, 9.17) is 0 Å². The first-order chi connectivity index (χ1) is 6.22. The maximum atomic E-state index is 11.6. The summed E-state index contributed by atoms with van der Waals surface area (Å²) in [6.45, 7) is 11.9. The van der Waals surface area contributed by atoms with E-state index in [1.807, 2.05) is 0 Å². The van der Waals surface area contributed by atoms with Crippen LogP contribution in [0.25, 0.3) is 0 Å². The third-order valence-electron chi connectivity index (χ3n) is 3.16. The fourth-order valence-electron chi connectivity index (χ4n) is 2.02. The molecule has 1 atom stereocenters. The van der Waals surface area contributed by atoms with Crippen molar-refractivity contribution >= 4 is 5.91 Å². The van der Waals surface area contributed by atoms with Gasteiger partial charge in [0.15, 0.2) is 0 Å². The molecule has 0 aromatic heterocycles. The lowest BCUT2D eigenvalue weighted by Crippen LogP contribution is -2.25. The predicted octanol–water partition coefficient (Wildman–Crippen LogP) is 2.58. The van der Waals surface area contributed by atoms with Gasteiger partial charge in [-0.3, -0.25) is 4.79 Å². The van der Waals surface area contributed by atoms with Gasteiger partial charge in [0.25, 0.3) is 0 Å². The number of hydrogen-bond donors (Lipinski definition) is 1. The SMILES string of the molecule is CC(C)(C)CCC1C(=O)NCC1(C)C. The van der Waals surface area contributed by atoms with Crippen LogP contribution in [0.5, 0.6) is 0 Å². The van der Waals surface area contributed by atoms with Gasteiger partial charge in [-0.25, -0.2) is 0 Å². The highest BCUT2D eigenvalue weighted by molar-refractivity contribution is 5.81. The van der Waals surface area contributed by atoms with Crippen molar-refractivity contribution in [3.63, 3.8) is 0 Å². The second-order valence-corrected chi connectivity index (χ2v) is 6.36. The molecule has 1 amide bonds. The van der Waals surface area contributed by atoms with Crippen LogP contribution in [0, 0.1) is 16.7 Å². The van der Waals surface area contributed by atoms with Crippen LogP contribution >= 0.6 is 0 Å². The van der Waals surface area contributed by atoms with Crippen LogP contribution < -0.4 is 5.32 Å². The summed E-state index contributed by atoms with van der Waals surface area (Å²) in [5.41, 5.74) is 0.473. The van der Waals surface area contributed by atoms with E-state index >= 15 is 0 Å². The first-order valence-corrected chi connectivity index (χ1v) is 5.50. The van der Waals surface area contributed by atoms with Crippen LogP contribution in [0.15, 0.2) is 0 Å². The zero-order valence-corrected chi connectivity index (χ0v) is 10.1. The Kier molecular flexibility index (Phi) is 2.93. The van der Waals surface area contributed by atoms with Crippen molar-refractivity contribution in [3.8, 4) is 0 Å². The molecule has 14 heavy (non-hydrogen) atoms. The molecule has 0 aromatic rings. The average Bonchev–Trinajstić information content (AvgIpc) is 2.22. The van der Waals surface area contributed by atoms with Crippen molar-refractivity contribution in [1.82, 2.24) is 5.32 Å². The van der Waals surface area contributed by atoms with Crippen molar-refractivity contribution in [2.24, 2.45) is 16.7 Å². The third-order valence-corrected chi connectivity index (χ3v) is 3.16. The summed E-state index contributed by atoms with van der Waals surface area (Å²) in [4.78, 5) is 11.6. The molecular weight excluding hydrogens is 174 g/mol. The molecule has 1 aliphatic heterocycles. The van der Waals surface area contributed by atoms with Gasteiger partial charge in [0.05, 0.1) is 0 Å². The van der Waals surface area contributed by atoms with Crippen LogP contribution in [0.1, 0.15) is 47.5 Å². The molecule has 1 aliphatic rings. The van der Waals surface area contributed by atoms with Crippen LogP contribution in [0.3, 0.4) is 0 Å². The lowest BCUT2D eigenvalue weighted by molar-refractivity contribution is -0.124. The van der Waals surface area contributed by atoms with Crippen LogP contribution in [-0.4, -0.2) is 12.5 Å². The standard InChI is InChI=1S/C12H23NO/c1-11(2,3)7-6-9-10(14)13-8-12(9,4)5/h9H,6-8H2,1-5H3,(H,13,14). The highest BCUT2D eigenvalue weighted by atomic mass is 16.2. The molecule has 1 saturated heterocycles. The Bertz CT molecular complexity index is 225.